The average molecular weight is 227 g/mol. The molecule has 3 nitrogen and oxygen atoms in total. The summed E-state index contributed by atoms with van der Waals surface area (Å²) in [6, 6.07) is 0.646. The maximum absolute atomic E-state index is 10.5. The van der Waals surface area contributed by atoms with Gasteiger partial charge < -0.3 is 10.4 Å². The minimum absolute atomic E-state index is 0.102. The van der Waals surface area contributed by atoms with E-state index in [1.54, 1.807) is 0 Å². The number of aliphatic carboxylic acids is 1. The summed E-state index contributed by atoms with van der Waals surface area (Å²) in [7, 11) is 0. The van der Waals surface area contributed by atoms with Gasteiger partial charge in [0.2, 0.25) is 0 Å². The Morgan fingerprint density at radius 1 is 1.38 bits per heavy atom. The molecule has 3 heteroatoms. The molecular formula is C13H25NO2. The second kappa shape index (κ2) is 6.89. The summed E-state index contributed by atoms with van der Waals surface area (Å²) in [5, 5.41) is 12.1. The molecule has 2 N–H and O–H groups in total. The molecule has 1 fully saturated rings. The zero-order valence-corrected chi connectivity index (χ0v) is 10.5. The molecule has 1 aliphatic carbocycles. The Hall–Kier alpha value is -0.570. The fourth-order valence-corrected chi connectivity index (χ4v) is 2.75. The topological polar surface area (TPSA) is 49.3 Å². The molecule has 0 radical (unpaired) electrons. The van der Waals surface area contributed by atoms with E-state index in [2.05, 4.69) is 12.2 Å². The predicted molar refractivity (Wildman–Crippen MR) is 65.5 cm³/mol. The molecule has 0 aromatic rings. The number of rotatable bonds is 6. The molecule has 0 amide bonds. The molecule has 1 atom stereocenters. The zero-order valence-electron chi connectivity index (χ0n) is 10.5. The van der Waals surface area contributed by atoms with E-state index in [0.29, 0.717) is 6.04 Å². The van der Waals surface area contributed by atoms with Gasteiger partial charge in [-0.2, -0.15) is 0 Å². The molecule has 0 aliphatic heterocycles. The highest BCUT2D eigenvalue weighted by Gasteiger charge is 2.21. The van der Waals surface area contributed by atoms with Crippen molar-refractivity contribution >= 4 is 5.97 Å². The van der Waals surface area contributed by atoms with Gasteiger partial charge in [0, 0.05) is 12.1 Å². The monoisotopic (exact) mass is 227 g/mol. The van der Waals surface area contributed by atoms with E-state index in [9.17, 15) is 4.79 Å². The normalized spacial score (nSPS) is 27.6. The van der Waals surface area contributed by atoms with Crippen LogP contribution < -0.4 is 5.32 Å². The van der Waals surface area contributed by atoms with Crippen LogP contribution in [0.1, 0.15) is 58.8 Å². The molecule has 0 heterocycles. The number of carboxylic acid groups (broad SMARTS) is 1. The summed E-state index contributed by atoms with van der Waals surface area (Å²) >= 11 is 0. The van der Waals surface area contributed by atoms with Gasteiger partial charge in [-0.15, -0.1) is 0 Å². The fraction of sp³-hybridized carbons (Fsp3) is 0.923. The van der Waals surface area contributed by atoms with Crippen molar-refractivity contribution in [3.63, 3.8) is 0 Å². The van der Waals surface area contributed by atoms with Crippen molar-refractivity contribution in [2.24, 2.45) is 5.92 Å². The van der Waals surface area contributed by atoms with Crippen LogP contribution in [-0.4, -0.2) is 23.2 Å². The Labute approximate surface area is 98.6 Å². The fourth-order valence-electron chi connectivity index (χ4n) is 2.75. The molecule has 0 aromatic carbocycles. The summed E-state index contributed by atoms with van der Waals surface area (Å²) in [6.45, 7) is 4.21. The smallest absolute Gasteiger partial charge is 0.304 e. The maximum atomic E-state index is 10.5. The Balaban J connectivity index is 2.18. The van der Waals surface area contributed by atoms with Crippen LogP contribution in [0.4, 0.5) is 0 Å². The first kappa shape index (κ1) is 13.5. The third-order valence-corrected chi connectivity index (χ3v) is 3.54. The van der Waals surface area contributed by atoms with Gasteiger partial charge >= 0.3 is 5.97 Å². The minimum atomic E-state index is -0.709. The standard InChI is InChI=1S/C13H25NO2/c1-3-4-11-5-7-12(8-6-11)14-10(2)9-13(15)16/h10-12,14H,3-9H2,1-2H3,(H,15,16). The van der Waals surface area contributed by atoms with Crippen LogP contribution in [0.2, 0.25) is 0 Å². The Morgan fingerprint density at radius 2 is 2.00 bits per heavy atom. The van der Waals surface area contributed by atoms with Crippen molar-refractivity contribution in [2.45, 2.75) is 70.9 Å². The number of nitrogens with one attached hydrogen (secondary N) is 1. The number of carboxylic acids is 1. The van der Waals surface area contributed by atoms with Gasteiger partial charge in [-0.3, -0.25) is 4.79 Å². The van der Waals surface area contributed by atoms with Crippen LogP contribution in [0, 0.1) is 5.92 Å². The van der Waals surface area contributed by atoms with Crippen molar-refractivity contribution in [3.05, 3.63) is 0 Å². The molecule has 0 spiro atoms. The molecule has 1 saturated carbocycles. The van der Waals surface area contributed by atoms with Gasteiger partial charge in [0.1, 0.15) is 0 Å². The average Bonchev–Trinajstić information content (AvgIpc) is 2.20. The van der Waals surface area contributed by atoms with Crippen molar-refractivity contribution in [3.8, 4) is 0 Å². The second-order valence-corrected chi connectivity index (χ2v) is 5.17. The maximum Gasteiger partial charge on any atom is 0.304 e. The van der Waals surface area contributed by atoms with Gasteiger partial charge in [0.15, 0.2) is 0 Å². The third kappa shape index (κ3) is 4.97. The van der Waals surface area contributed by atoms with Gasteiger partial charge in [0.05, 0.1) is 6.42 Å². The number of hydrogen-bond donors (Lipinski definition) is 2. The first-order chi connectivity index (χ1) is 7.61. The lowest BCUT2D eigenvalue weighted by atomic mass is 9.83. The van der Waals surface area contributed by atoms with E-state index >= 15 is 0 Å². The summed E-state index contributed by atoms with van der Waals surface area (Å²) in [5.41, 5.74) is 0. The van der Waals surface area contributed by atoms with Crippen LogP contribution in [0.25, 0.3) is 0 Å². The summed E-state index contributed by atoms with van der Waals surface area (Å²) < 4.78 is 0. The van der Waals surface area contributed by atoms with Crippen molar-refractivity contribution in [2.75, 3.05) is 0 Å². The first-order valence-corrected chi connectivity index (χ1v) is 6.59. The molecule has 0 bridgehead atoms. The highest BCUT2D eigenvalue weighted by Crippen LogP contribution is 2.27. The largest absolute Gasteiger partial charge is 0.481 e. The lowest BCUT2D eigenvalue weighted by molar-refractivity contribution is -0.137. The van der Waals surface area contributed by atoms with E-state index in [-0.39, 0.29) is 12.5 Å². The van der Waals surface area contributed by atoms with Gasteiger partial charge in [-0.1, -0.05) is 19.8 Å². The molecule has 0 aromatic heterocycles. The first-order valence-electron chi connectivity index (χ1n) is 6.59. The van der Waals surface area contributed by atoms with Crippen molar-refractivity contribution in [1.82, 2.24) is 5.32 Å². The van der Waals surface area contributed by atoms with Gasteiger partial charge in [-0.05, 0) is 38.5 Å². The van der Waals surface area contributed by atoms with Crippen molar-refractivity contribution in [1.29, 1.82) is 0 Å². The Kier molecular flexibility index (Phi) is 5.81. The van der Waals surface area contributed by atoms with E-state index < -0.39 is 5.97 Å². The molecule has 1 aliphatic rings. The molecule has 16 heavy (non-hydrogen) atoms. The molecule has 94 valence electrons. The lowest BCUT2D eigenvalue weighted by Crippen LogP contribution is -2.40. The Morgan fingerprint density at radius 3 is 2.50 bits per heavy atom. The molecule has 0 saturated heterocycles. The van der Waals surface area contributed by atoms with Crippen LogP contribution in [0.5, 0.6) is 0 Å². The van der Waals surface area contributed by atoms with Crippen LogP contribution in [-0.2, 0) is 4.79 Å². The second-order valence-electron chi connectivity index (χ2n) is 5.17. The van der Waals surface area contributed by atoms with Crippen LogP contribution in [0.15, 0.2) is 0 Å². The minimum Gasteiger partial charge on any atom is -0.481 e. The van der Waals surface area contributed by atoms with Crippen LogP contribution >= 0.6 is 0 Å². The summed E-state index contributed by atoms with van der Waals surface area (Å²) in [6.07, 6.45) is 7.93. The number of hydrogen-bond acceptors (Lipinski definition) is 2. The highest BCUT2D eigenvalue weighted by atomic mass is 16.4. The van der Waals surface area contributed by atoms with E-state index in [1.165, 1.54) is 38.5 Å². The number of carbonyl (C=O) groups is 1. The summed E-state index contributed by atoms with van der Waals surface area (Å²) in [4.78, 5) is 10.5. The molecular weight excluding hydrogens is 202 g/mol. The predicted octanol–water partition coefficient (Wildman–Crippen LogP) is 2.80. The van der Waals surface area contributed by atoms with Crippen LogP contribution in [0.3, 0.4) is 0 Å². The van der Waals surface area contributed by atoms with E-state index in [4.69, 9.17) is 5.11 Å². The third-order valence-electron chi connectivity index (χ3n) is 3.54. The quantitative estimate of drug-likeness (QED) is 0.733. The zero-order chi connectivity index (χ0) is 12.0. The molecule has 1 rings (SSSR count). The SMILES string of the molecule is CCCC1CCC(NC(C)CC(=O)O)CC1. The molecule has 1 unspecified atom stereocenters. The lowest BCUT2D eigenvalue weighted by Gasteiger charge is -2.30. The Bertz CT molecular complexity index is 210. The highest BCUT2D eigenvalue weighted by molar-refractivity contribution is 5.67. The van der Waals surface area contributed by atoms with E-state index in [0.717, 1.165) is 5.92 Å². The van der Waals surface area contributed by atoms with E-state index in [1.807, 2.05) is 6.92 Å². The summed E-state index contributed by atoms with van der Waals surface area (Å²) in [5.74, 6) is 0.206. The van der Waals surface area contributed by atoms with Gasteiger partial charge in [-0.25, -0.2) is 0 Å². The van der Waals surface area contributed by atoms with Crippen molar-refractivity contribution < 1.29 is 9.90 Å². The van der Waals surface area contributed by atoms with Gasteiger partial charge in [0.25, 0.3) is 0 Å².